The number of aromatic nitrogens is 1. The third kappa shape index (κ3) is 14.7. The third-order valence-electron chi connectivity index (χ3n) is 12.3. The normalized spacial score (nSPS) is 14.8. The van der Waals surface area contributed by atoms with Gasteiger partial charge in [-0.15, -0.1) is 5.06 Å². The van der Waals surface area contributed by atoms with Gasteiger partial charge in [-0.2, -0.15) is 4.57 Å². The first-order valence-corrected chi connectivity index (χ1v) is 28.8. The summed E-state index contributed by atoms with van der Waals surface area (Å²) >= 11 is 0. The van der Waals surface area contributed by atoms with Gasteiger partial charge in [-0.25, -0.2) is 38.5 Å². The molecule has 3 aromatic heterocycles. The van der Waals surface area contributed by atoms with Crippen molar-refractivity contribution in [3.8, 4) is 11.5 Å². The van der Waals surface area contributed by atoms with Crippen molar-refractivity contribution in [1.82, 2.24) is 5.06 Å². The standard InChI is InChI=1S/C49H39N3O21S4.3K/c53-45-13-14-46(54)52(45)73-49(55)27-68-30-7-3-28(4-8-30)29(5-15-47-50(17-1-19-74(56,57)58)37-25-41-35(23-43(37)71-47)33-21-31(76(62,63)64)9-11-39(33)69-41)6-16-48-51(18-2-20-75(59,60)61)38-26-42-36(24-44(38)72-48)34-22-32(77(65,66)67)10-12-40(34)70-42;;;/h3-12,15-16,21-26H,1-2,13-14,17-20,27H2,(H3-,56,57,58,59,60,61,62,63,64,65,66,67);;;/q;3*+1/p-3. The Hall–Kier alpha value is -3.05. The van der Waals surface area contributed by atoms with Crippen LogP contribution < -0.4 is 173 Å². The third-order valence-corrected chi connectivity index (χ3v) is 15.5. The van der Waals surface area contributed by atoms with Gasteiger partial charge in [0.25, 0.3) is 17.3 Å². The van der Waals surface area contributed by atoms with Gasteiger partial charge in [-0.05, 0) is 96.4 Å². The van der Waals surface area contributed by atoms with Crippen molar-refractivity contribution >= 4 is 131 Å². The van der Waals surface area contributed by atoms with Gasteiger partial charge in [0.15, 0.2) is 18.9 Å². The van der Waals surface area contributed by atoms with Gasteiger partial charge in [0, 0.05) is 64.9 Å². The van der Waals surface area contributed by atoms with Gasteiger partial charge in [0.05, 0.1) is 47.9 Å². The molecule has 0 N–H and O–H groups in total. The minimum Gasteiger partial charge on any atom is -0.748 e. The Morgan fingerprint density at radius 3 is 1.80 bits per heavy atom. The van der Waals surface area contributed by atoms with Crippen LogP contribution in [0.3, 0.4) is 0 Å². The summed E-state index contributed by atoms with van der Waals surface area (Å²) in [6.07, 6.45) is 5.63. The molecule has 8 aromatic rings. The average Bonchev–Trinajstić information content (AvgIpc) is 4.21. The van der Waals surface area contributed by atoms with E-state index in [-0.39, 0.29) is 255 Å². The summed E-state index contributed by atoms with van der Waals surface area (Å²) in [6, 6.07) is 19.5. The Balaban J connectivity index is 0.00000308. The van der Waals surface area contributed by atoms with Crippen molar-refractivity contribution in [3.05, 3.63) is 120 Å². The fourth-order valence-corrected chi connectivity index (χ4v) is 10.7. The number of carbonyl (C=O) groups excluding carboxylic acids is 3. The number of carbonyl (C=O) groups is 3. The van der Waals surface area contributed by atoms with Crippen molar-refractivity contribution in [2.75, 3.05) is 29.6 Å². The predicted octanol–water partition coefficient (Wildman–Crippen LogP) is -3.97. The molecule has 1 saturated heterocycles. The van der Waals surface area contributed by atoms with Crippen LogP contribution >= 0.6 is 0 Å². The maximum Gasteiger partial charge on any atom is 1.00 e. The summed E-state index contributed by atoms with van der Waals surface area (Å²) in [5, 5.41) is 1.67. The molecule has 0 atom stereocenters. The number of nitrogens with zero attached hydrogens (tertiary/aromatic N) is 3. The van der Waals surface area contributed by atoms with E-state index in [1.807, 2.05) is 0 Å². The van der Waals surface area contributed by atoms with E-state index in [4.69, 9.17) is 27.6 Å². The number of hydrogen-bond acceptors (Lipinski definition) is 22. The topological polar surface area (TPSA) is 357 Å². The van der Waals surface area contributed by atoms with E-state index in [2.05, 4.69) is 0 Å². The van der Waals surface area contributed by atoms with Crippen LogP contribution in [0.2, 0.25) is 0 Å². The summed E-state index contributed by atoms with van der Waals surface area (Å²) in [5.74, 6) is -3.32. The monoisotopic (exact) mass is 1250 g/mol. The number of allylic oxidation sites excluding steroid dienone is 4. The molecule has 80 heavy (non-hydrogen) atoms. The number of hydrogen-bond donors (Lipinski definition) is 0. The van der Waals surface area contributed by atoms with Gasteiger partial charge < -0.3 is 50.7 Å². The van der Waals surface area contributed by atoms with Gasteiger partial charge >= 0.3 is 166 Å². The zero-order chi connectivity index (χ0) is 54.8. The average molecular weight is 1250 g/mol. The minimum atomic E-state index is -4.85. The van der Waals surface area contributed by atoms with Crippen LogP contribution in [0.4, 0.5) is 5.69 Å². The summed E-state index contributed by atoms with van der Waals surface area (Å²) < 4.78 is 174. The first-order chi connectivity index (χ1) is 36.3. The fourth-order valence-electron chi connectivity index (χ4n) is 8.76. The van der Waals surface area contributed by atoms with E-state index >= 15 is 0 Å². The SMILES string of the molecule is O=C(COc1ccc(C(=C\C=C2/Oc3cc4c(cc3N2CCCS(=O)(=O)[O-])oc2ccc(S(=O)(=O)[O-])cc24)/C=C/c2oc3cc4c(cc3[n+]2CCCS(=O)(=O)[O-])oc2ccc(S(=O)(=O)[O-])cc24)cc1)ON1C(=O)CCC1=O.[K+].[K+].[K+]. The molecular weight excluding hydrogens is 1210 g/mol. The molecule has 0 spiro atoms. The number of ether oxygens (including phenoxy) is 2. The molecule has 400 valence electrons. The van der Waals surface area contributed by atoms with Crippen molar-refractivity contribution in [2.45, 2.75) is 42.0 Å². The second kappa shape index (κ2) is 25.7. The Morgan fingerprint density at radius 2 is 1.21 bits per heavy atom. The van der Waals surface area contributed by atoms with Crippen molar-refractivity contribution < 1.29 is 253 Å². The molecule has 2 amide bonds. The molecule has 5 heterocycles. The van der Waals surface area contributed by atoms with Gasteiger partial charge in [0.2, 0.25) is 11.5 Å². The van der Waals surface area contributed by atoms with E-state index in [0.29, 0.717) is 38.2 Å². The molecule has 0 saturated carbocycles. The number of benzene rings is 5. The fraction of sp³-hybridized carbons (Fsp3) is 0.184. The number of fused-ring (bicyclic) bond motifs is 8. The van der Waals surface area contributed by atoms with Crippen LogP contribution in [0.1, 0.15) is 37.1 Å². The Labute approximate surface area is 582 Å². The van der Waals surface area contributed by atoms with E-state index in [1.165, 1.54) is 36.4 Å². The van der Waals surface area contributed by atoms with Crippen molar-refractivity contribution in [3.63, 3.8) is 0 Å². The summed E-state index contributed by atoms with van der Waals surface area (Å²) in [7, 11) is -19.0. The quantitative estimate of drug-likeness (QED) is 0.0260. The van der Waals surface area contributed by atoms with Gasteiger partial charge in [0.1, 0.15) is 48.3 Å². The number of rotatable bonds is 18. The first-order valence-electron chi connectivity index (χ1n) is 22.8. The predicted molar refractivity (Wildman–Crippen MR) is 264 cm³/mol. The Bertz CT molecular complexity index is 4370. The van der Waals surface area contributed by atoms with Crippen LogP contribution in [0, 0.1) is 0 Å². The smallest absolute Gasteiger partial charge is 0.748 e. The number of oxazole rings is 1. The molecule has 1 fully saturated rings. The maximum absolute atomic E-state index is 12.5. The molecule has 2 aliphatic rings. The molecule has 2 aliphatic heterocycles. The molecule has 0 bridgehead atoms. The van der Waals surface area contributed by atoms with Crippen molar-refractivity contribution in [2.24, 2.45) is 0 Å². The molecule has 24 nitrogen and oxygen atoms in total. The number of furan rings is 2. The number of imide groups is 1. The minimum absolute atomic E-state index is 0. The Kier molecular flexibility index (Phi) is 20.7. The van der Waals surface area contributed by atoms with Crippen LogP contribution in [0.5, 0.6) is 11.5 Å². The van der Waals surface area contributed by atoms with Crippen LogP contribution in [0.15, 0.2) is 132 Å². The van der Waals surface area contributed by atoms with E-state index in [1.54, 1.807) is 58.0 Å². The first kappa shape index (κ1) is 64.5. The molecule has 31 heteroatoms. The number of hydroxylamine groups is 2. The summed E-state index contributed by atoms with van der Waals surface area (Å²) in [5.41, 5.74) is 2.74. The summed E-state index contributed by atoms with van der Waals surface area (Å²) in [6.45, 7) is -0.852. The molecule has 0 radical (unpaired) electrons. The zero-order valence-electron chi connectivity index (χ0n) is 42.3. The largest absolute Gasteiger partial charge is 1.00 e. The maximum atomic E-state index is 12.5. The second-order valence-corrected chi connectivity index (χ2v) is 23.3. The van der Waals surface area contributed by atoms with E-state index in [0.717, 1.165) is 24.3 Å². The number of anilines is 1. The van der Waals surface area contributed by atoms with Crippen LogP contribution in [0.25, 0.3) is 66.6 Å². The molecule has 5 aromatic carbocycles. The zero-order valence-corrected chi connectivity index (χ0v) is 54.9. The molecule has 10 rings (SSSR count). The van der Waals surface area contributed by atoms with Gasteiger partial charge in [-0.3, -0.25) is 9.59 Å². The molecule has 0 unspecified atom stereocenters. The van der Waals surface area contributed by atoms with E-state index < -0.39 is 86.2 Å². The number of aryl methyl sites for hydroxylation is 1. The van der Waals surface area contributed by atoms with Gasteiger partial charge in [-0.1, -0.05) is 12.1 Å². The molecule has 0 aliphatic carbocycles. The van der Waals surface area contributed by atoms with Crippen LogP contribution in [-0.2, 0) is 66.2 Å². The molecular formula is C49H36K3N3O21S4. The van der Waals surface area contributed by atoms with Crippen molar-refractivity contribution in [1.29, 1.82) is 0 Å². The Morgan fingerprint density at radius 1 is 0.650 bits per heavy atom. The van der Waals surface area contributed by atoms with Crippen LogP contribution in [-0.4, -0.2) is 99.4 Å². The second-order valence-electron chi connectivity index (χ2n) is 17.5. The number of amides is 2. The van der Waals surface area contributed by atoms with E-state index in [9.17, 15) is 66.3 Å². The summed E-state index contributed by atoms with van der Waals surface area (Å²) in [4.78, 5) is 41.9.